The van der Waals surface area contributed by atoms with Gasteiger partial charge in [0.1, 0.15) is 10.6 Å². The molecule has 0 bridgehead atoms. The van der Waals surface area contributed by atoms with E-state index in [1.807, 2.05) is 19.9 Å². The van der Waals surface area contributed by atoms with E-state index < -0.39 is 26.8 Å². The largest absolute Gasteiger partial charge is 0.416 e. The van der Waals surface area contributed by atoms with Gasteiger partial charge in [-0.1, -0.05) is 37.3 Å². The van der Waals surface area contributed by atoms with Crippen LogP contribution >= 0.6 is 15.9 Å². The molecule has 5 nitrogen and oxygen atoms in total. The number of halogens is 4. The molecule has 35 heavy (non-hydrogen) atoms. The van der Waals surface area contributed by atoms with Crippen molar-refractivity contribution in [2.24, 2.45) is 0 Å². The van der Waals surface area contributed by atoms with Gasteiger partial charge in [0.2, 0.25) is 0 Å². The molecule has 0 spiro atoms. The van der Waals surface area contributed by atoms with Crippen LogP contribution in [0.25, 0.3) is 0 Å². The number of nitrogens with zero attached hydrogens (tertiary/aromatic N) is 1. The third kappa shape index (κ3) is 6.64. The van der Waals surface area contributed by atoms with Crippen LogP contribution in [0.5, 0.6) is 5.75 Å². The predicted octanol–water partition coefficient (Wildman–Crippen LogP) is 6.68. The summed E-state index contributed by atoms with van der Waals surface area (Å²) in [6, 6.07) is 16.4. The van der Waals surface area contributed by atoms with E-state index in [0.717, 1.165) is 30.2 Å². The molecule has 1 amide bonds. The lowest BCUT2D eigenvalue weighted by Gasteiger charge is -2.29. The highest BCUT2D eigenvalue weighted by molar-refractivity contribution is 9.10. The number of hydrogen-bond acceptors (Lipinski definition) is 4. The molecule has 3 aromatic rings. The maximum Gasteiger partial charge on any atom is 0.416 e. The monoisotopic (exact) mass is 569 g/mol. The minimum Gasteiger partial charge on any atom is -0.379 e. The normalized spacial score (nSPS) is 12.7. The van der Waals surface area contributed by atoms with E-state index in [0.29, 0.717) is 16.1 Å². The van der Waals surface area contributed by atoms with Crippen molar-refractivity contribution in [3.8, 4) is 5.75 Å². The molecule has 186 valence electrons. The molecule has 10 heteroatoms. The first-order valence-electron chi connectivity index (χ1n) is 10.7. The first kappa shape index (κ1) is 26.7. The molecule has 0 aliphatic rings. The van der Waals surface area contributed by atoms with Crippen molar-refractivity contribution in [1.29, 1.82) is 0 Å². The van der Waals surface area contributed by atoms with Crippen LogP contribution in [0.2, 0.25) is 0 Å². The fourth-order valence-corrected chi connectivity index (χ4v) is 4.72. The van der Waals surface area contributed by atoms with Crippen molar-refractivity contribution in [2.75, 3.05) is 0 Å². The molecule has 3 rings (SSSR count). The number of benzene rings is 3. The van der Waals surface area contributed by atoms with Gasteiger partial charge in [-0.3, -0.25) is 4.79 Å². The number of carbonyl (C=O) groups is 1. The third-order valence-corrected chi connectivity index (χ3v) is 7.35. The Morgan fingerprint density at radius 3 is 2.29 bits per heavy atom. The van der Waals surface area contributed by atoms with E-state index >= 15 is 0 Å². The molecule has 0 aliphatic carbocycles. The van der Waals surface area contributed by atoms with E-state index in [1.165, 1.54) is 12.1 Å². The van der Waals surface area contributed by atoms with Gasteiger partial charge >= 0.3 is 16.3 Å². The quantitative estimate of drug-likeness (QED) is 0.284. The van der Waals surface area contributed by atoms with Crippen molar-refractivity contribution >= 4 is 32.0 Å². The van der Waals surface area contributed by atoms with Gasteiger partial charge < -0.3 is 9.08 Å². The fourth-order valence-electron chi connectivity index (χ4n) is 3.29. The second-order valence-electron chi connectivity index (χ2n) is 7.88. The molecule has 1 unspecified atom stereocenters. The predicted molar refractivity (Wildman–Crippen MR) is 129 cm³/mol. The first-order chi connectivity index (χ1) is 16.4. The Morgan fingerprint density at radius 1 is 1.03 bits per heavy atom. The van der Waals surface area contributed by atoms with Crippen LogP contribution in [-0.2, 0) is 22.8 Å². The van der Waals surface area contributed by atoms with Gasteiger partial charge in [0.25, 0.3) is 5.91 Å². The molecule has 0 saturated carbocycles. The molecular formula is C25H23BrF3NO4S. The van der Waals surface area contributed by atoms with Gasteiger partial charge in [-0.25, -0.2) is 0 Å². The summed E-state index contributed by atoms with van der Waals surface area (Å²) < 4.78 is 69.5. The minimum atomic E-state index is -4.68. The molecule has 0 N–H and O–H groups in total. The molecule has 0 aromatic heterocycles. The van der Waals surface area contributed by atoms with Crippen LogP contribution in [-0.4, -0.2) is 25.3 Å². The van der Waals surface area contributed by atoms with E-state index in [2.05, 4.69) is 15.9 Å². The van der Waals surface area contributed by atoms with Gasteiger partial charge in [0.05, 0.1) is 11.1 Å². The molecule has 0 radical (unpaired) electrons. The van der Waals surface area contributed by atoms with Crippen molar-refractivity contribution in [1.82, 2.24) is 4.90 Å². The molecule has 0 saturated heterocycles. The van der Waals surface area contributed by atoms with Crippen LogP contribution in [0.3, 0.4) is 0 Å². The van der Waals surface area contributed by atoms with Crippen LogP contribution in [0.4, 0.5) is 13.2 Å². The first-order valence-corrected chi connectivity index (χ1v) is 12.9. The van der Waals surface area contributed by atoms with Crippen LogP contribution in [0, 0.1) is 0 Å². The number of carbonyl (C=O) groups excluding carboxylic acids is 1. The molecule has 0 heterocycles. The van der Waals surface area contributed by atoms with Crippen molar-refractivity contribution < 1.29 is 30.6 Å². The second-order valence-corrected chi connectivity index (χ2v) is 10.3. The van der Waals surface area contributed by atoms with Gasteiger partial charge in [-0.2, -0.15) is 21.6 Å². The molecular weight excluding hydrogens is 547 g/mol. The summed E-state index contributed by atoms with van der Waals surface area (Å²) in [5.74, 6) is -0.211. The van der Waals surface area contributed by atoms with E-state index in [-0.39, 0.29) is 24.2 Å². The zero-order valence-corrected chi connectivity index (χ0v) is 21.3. The topological polar surface area (TPSA) is 63.7 Å². The van der Waals surface area contributed by atoms with E-state index in [9.17, 15) is 26.4 Å². The van der Waals surface area contributed by atoms with Crippen molar-refractivity contribution in [3.63, 3.8) is 0 Å². The Kier molecular flexibility index (Phi) is 8.27. The van der Waals surface area contributed by atoms with E-state index in [4.69, 9.17) is 4.18 Å². The highest BCUT2D eigenvalue weighted by Gasteiger charge is 2.32. The molecule has 1 atom stereocenters. The standard InChI is InChI=1S/C25H23BrF3NO4S/c1-3-17(2)30(24(31)22-9-4-5-10-23(22)26)16-18-11-13-20(14-12-18)34-35(32,33)21-8-6-7-19(15-21)25(27,28)29/h4-15,17H,3,16H2,1-2H3. The van der Waals surface area contributed by atoms with Crippen molar-refractivity contribution in [2.45, 2.75) is 43.9 Å². The Bertz CT molecular complexity index is 1290. The lowest BCUT2D eigenvalue weighted by atomic mass is 10.1. The zero-order chi connectivity index (χ0) is 25.8. The summed E-state index contributed by atoms with van der Waals surface area (Å²) in [4.78, 5) is 14.3. The zero-order valence-electron chi connectivity index (χ0n) is 18.9. The Labute approximate surface area is 210 Å². The number of rotatable bonds is 8. The van der Waals surface area contributed by atoms with Crippen molar-refractivity contribution in [3.05, 3.63) is 94.0 Å². The fraction of sp³-hybridized carbons (Fsp3) is 0.240. The highest BCUT2D eigenvalue weighted by atomic mass is 79.9. The summed E-state index contributed by atoms with van der Waals surface area (Å²) in [6.45, 7) is 4.18. The SMILES string of the molecule is CCC(C)N(Cc1ccc(OS(=O)(=O)c2cccc(C(F)(F)F)c2)cc1)C(=O)c1ccccc1Br. The Morgan fingerprint density at radius 2 is 1.69 bits per heavy atom. The smallest absolute Gasteiger partial charge is 0.379 e. The van der Waals surface area contributed by atoms with Gasteiger partial charge in [-0.05, 0) is 77.3 Å². The third-order valence-electron chi connectivity index (χ3n) is 5.42. The Balaban J connectivity index is 1.79. The highest BCUT2D eigenvalue weighted by Crippen LogP contribution is 2.31. The lowest BCUT2D eigenvalue weighted by Crippen LogP contribution is -2.38. The van der Waals surface area contributed by atoms with Crippen LogP contribution in [0.1, 0.15) is 41.8 Å². The number of amides is 1. The number of alkyl halides is 3. The minimum absolute atomic E-state index is 0.0571. The molecule has 3 aromatic carbocycles. The molecule has 0 aliphatic heterocycles. The summed E-state index contributed by atoms with van der Waals surface area (Å²) in [5.41, 5.74) is 0.173. The molecule has 0 fully saturated rings. The maximum atomic E-state index is 13.2. The van der Waals surface area contributed by atoms with E-state index in [1.54, 1.807) is 35.2 Å². The summed E-state index contributed by atoms with van der Waals surface area (Å²) in [7, 11) is -4.47. The van der Waals surface area contributed by atoms with Gasteiger partial charge in [0.15, 0.2) is 0 Å². The van der Waals surface area contributed by atoms with Gasteiger partial charge in [-0.15, -0.1) is 0 Å². The lowest BCUT2D eigenvalue weighted by molar-refractivity contribution is -0.137. The average molecular weight is 570 g/mol. The van der Waals surface area contributed by atoms with Crippen LogP contribution < -0.4 is 4.18 Å². The Hall–Kier alpha value is -2.85. The number of hydrogen-bond donors (Lipinski definition) is 0. The summed E-state index contributed by atoms with van der Waals surface area (Å²) in [5, 5.41) is 0. The summed E-state index contributed by atoms with van der Waals surface area (Å²) in [6.07, 6.45) is -3.95. The van der Waals surface area contributed by atoms with Gasteiger partial charge in [0, 0.05) is 17.1 Å². The summed E-state index contributed by atoms with van der Waals surface area (Å²) >= 11 is 3.41. The second kappa shape index (κ2) is 10.8. The maximum absolute atomic E-state index is 13.2. The average Bonchev–Trinajstić information content (AvgIpc) is 2.82. The van der Waals surface area contributed by atoms with Crippen LogP contribution in [0.15, 0.2) is 82.2 Å².